The summed E-state index contributed by atoms with van der Waals surface area (Å²) >= 11 is 0. The van der Waals surface area contributed by atoms with Gasteiger partial charge < -0.3 is 9.88 Å². The van der Waals surface area contributed by atoms with Gasteiger partial charge in [-0.15, -0.1) is 0 Å². The molecule has 0 spiro atoms. The van der Waals surface area contributed by atoms with Crippen LogP contribution in [0.3, 0.4) is 0 Å². The zero-order chi connectivity index (χ0) is 15.1. The number of carbonyl (C=O) groups is 1. The Morgan fingerprint density at radius 2 is 1.95 bits per heavy atom. The summed E-state index contributed by atoms with van der Waals surface area (Å²) in [5.41, 5.74) is 1.97. The lowest BCUT2D eigenvalue weighted by atomic mass is 10.1. The predicted molar refractivity (Wildman–Crippen MR) is 83.2 cm³/mol. The van der Waals surface area contributed by atoms with Crippen LogP contribution in [0.25, 0.3) is 0 Å². The van der Waals surface area contributed by atoms with E-state index in [4.69, 9.17) is 0 Å². The van der Waals surface area contributed by atoms with Crippen LogP contribution in [0, 0.1) is 6.92 Å². The number of benzene rings is 1. The zero-order valence-corrected chi connectivity index (χ0v) is 12.2. The summed E-state index contributed by atoms with van der Waals surface area (Å²) < 4.78 is 1.66. The Labute approximate surface area is 124 Å². The van der Waals surface area contributed by atoms with E-state index in [1.54, 1.807) is 16.8 Å². The molecule has 0 aliphatic heterocycles. The van der Waals surface area contributed by atoms with Gasteiger partial charge in [0.15, 0.2) is 0 Å². The van der Waals surface area contributed by atoms with Crippen LogP contribution in [-0.2, 0) is 17.8 Å². The van der Waals surface area contributed by atoms with Crippen LogP contribution >= 0.6 is 0 Å². The van der Waals surface area contributed by atoms with Crippen molar-refractivity contribution in [3.8, 4) is 0 Å². The summed E-state index contributed by atoms with van der Waals surface area (Å²) in [6, 6.07) is 13.2. The SMILES string of the molecule is Cc1ccn(CCCNC(=O)Cc2ccccc2)c(=O)c1. The van der Waals surface area contributed by atoms with Gasteiger partial charge in [0.2, 0.25) is 5.91 Å². The minimum atomic E-state index is 0.00520. The van der Waals surface area contributed by atoms with Gasteiger partial charge in [0.1, 0.15) is 0 Å². The van der Waals surface area contributed by atoms with Crippen LogP contribution in [0.4, 0.5) is 0 Å². The van der Waals surface area contributed by atoms with E-state index >= 15 is 0 Å². The molecule has 0 aliphatic carbocycles. The van der Waals surface area contributed by atoms with Crippen LogP contribution in [0.15, 0.2) is 53.5 Å². The number of aromatic nitrogens is 1. The van der Waals surface area contributed by atoms with E-state index in [9.17, 15) is 9.59 Å². The maximum absolute atomic E-state index is 11.8. The fraction of sp³-hybridized carbons (Fsp3) is 0.294. The molecule has 1 aromatic heterocycles. The van der Waals surface area contributed by atoms with E-state index in [0.717, 1.165) is 17.5 Å². The highest BCUT2D eigenvalue weighted by molar-refractivity contribution is 5.78. The highest BCUT2D eigenvalue weighted by Gasteiger charge is 2.02. The third kappa shape index (κ3) is 4.91. The maximum Gasteiger partial charge on any atom is 0.250 e. The van der Waals surface area contributed by atoms with E-state index in [1.165, 1.54) is 0 Å². The third-order valence-corrected chi connectivity index (χ3v) is 3.26. The second-order valence-electron chi connectivity index (χ2n) is 5.10. The van der Waals surface area contributed by atoms with Gasteiger partial charge >= 0.3 is 0 Å². The van der Waals surface area contributed by atoms with Crippen molar-refractivity contribution in [1.82, 2.24) is 9.88 Å². The number of hydrogen-bond acceptors (Lipinski definition) is 2. The topological polar surface area (TPSA) is 51.1 Å². The summed E-state index contributed by atoms with van der Waals surface area (Å²) in [5, 5.41) is 2.88. The molecule has 4 nitrogen and oxygen atoms in total. The molecule has 0 fully saturated rings. The number of aryl methyl sites for hydroxylation is 2. The highest BCUT2D eigenvalue weighted by atomic mass is 16.1. The monoisotopic (exact) mass is 284 g/mol. The Bertz CT molecular complexity index is 647. The molecule has 0 aliphatic rings. The molecule has 1 N–H and O–H groups in total. The van der Waals surface area contributed by atoms with Gasteiger partial charge in [-0.2, -0.15) is 0 Å². The summed E-state index contributed by atoms with van der Waals surface area (Å²) in [7, 11) is 0. The predicted octanol–water partition coefficient (Wildman–Crippen LogP) is 1.91. The quantitative estimate of drug-likeness (QED) is 0.824. The van der Waals surface area contributed by atoms with Crippen molar-refractivity contribution in [3.05, 3.63) is 70.1 Å². The smallest absolute Gasteiger partial charge is 0.250 e. The second-order valence-corrected chi connectivity index (χ2v) is 5.10. The molecule has 21 heavy (non-hydrogen) atoms. The maximum atomic E-state index is 11.8. The van der Waals surface area contributed by atoms with Gasteiger partial charge in [-0.25, -0.2) is 0 Å². The van der Waals surface area contributed by atoms with E-state index in [-0.39, 0.29) is 11.5 Å². The first-order valence-corrected chi connectivity index (χ1v) is 7.13. The lowest BCUT2D eigenvalue weighted by molar-refractivity contribution is -0.120. The van der Waals surface area contributed by atoms with Crippen molar-refractivity contribution in [3.63, 3.8) is 0 Å². The van der Waals surface area contributed by atoms with Gasteiger partial charge in [0.05, 0.1) is 6.42 Å². The summed E-state index contributed by atoms with van der Waals surface area (Å²) in [6.45, 7) is 3.09. The van der Waals surface area contributed by atoms with Crippen molar-refractivity contribution in [2.45, 2.75) is 26.3 Å². The van der Waals surface area contributed by atoms with Gasteiger partial charge in [0, 0.05) is 25.4 Å². The normalized spacial score (nSPS) is 10.3. The van der Waals surface area contributed by atoms with Gasteiger partial charge in [-0.05, 0) is 30.5 Å². The molecule has 0 saturated heterocycles. The Hall–Kier alpha value is -2.36. The van der Waals surface area contributed by atoms with Crippen molar-refractivity contribution in [1.29, 1.82) is 0 Å². The summed E-state index contributed by atoms with van der Waals surface area (Å²) in [6.07, 6.45) is 2.93. The van der Waals surface area contributed by atoms with Crippen molar-refractivity contribution < 1.29 is 4.79 Å². The van der Waals surface area contributed by atoms with Gasteiger partial charge in [0.25, 0.3) is 5.56 Å². The zero-order valence-electron chi connectivity index (χ0n) is 12.2. The van der Waals surface area contributed by atoms with Crippen molar-refractivity contribution in [2.24, 2.45) is 0 Å². The molecule has 0 radical (unpaired) electrons. The highest BCUT2D eigenvalue weighted by Crippen LogP contribution is 1.99. The molecule has 2 rings (SSSR count). The number of nitrogens with one attached hydrogen (secondary N) is 1. The van der Waals surface area contributed by atoms with Gasteiger partial charge in [-0.1, -0.05) is 30.3 Å². The first kappa shape index (κ1) is 15.0. The number of hydrogen-bond donors (Lipinski definition) is 1. The average Bonchev–Trinajstić information content (AvgIpc) is 2.46. The third-order valence-electron chi connectivity index (χ3n) is 3.26. The molecule has 110 valence electrons. The number of nitrogens with zero attached hydrogens (tertiary/aromatic N) is 1. The molecule has 0 bridgehead atoms. The van der Waals surface area contributed by atoms with Crippen LogP contribution in [-0.4, -0.2) is 17.0 Å². The molecule has 1 amide bonds. The lowest BCUT2D eigenvalue weighted by Gasteiger charge is -2.07. The molecule has 0 saturated carbocycles. The summed E-state index contributed by atoms with van der Waals surface area (Å²) in [4.78, 5) is 23.4. The molecular formula is C17H20N2O2. The fourth-order valence-electron chi connectivity index (χ4n) is 2.11. The number of amides is 1. The van der Waals surface area contributed by atoms with Crippen LogP contribution < -0.4 is 10.9 Å². The van der Waals surface area contributed by atoms with Crippen molar-refractivity contribution in [2.75, 3.05) is 6.54 Å². The minimum Gasteiger partial charge on any atom is -0.356 e. The first-order chi connectivity index (χ1) is 10.1. The van der Waals surface area contributed by atoms with E-state index in [1.807, 2.05) is 43.3 Å². The Morgan fingerprint density at radius 3 is 2.67 bits per heavy atom. The Morgan fingerprint density at radius 1 is 1.19 bits per heavy atom. The molecule has 4 heteroatoms. The fourth-order valence-corrected chi connectivity index (χ4v) is 2.11. The molecular weight excluding hydrogens is 264 g/mol. The number of carbonyl (C=O) groups excluding carboxylic acids is 1. The molecule has 1 aromatic carbocycles. The largest absolute Gasteiger partial charge is 0.356 e. The second kappa shape index (κ2) is 7.43. The van der Waals surface area contributed by atoms with E-state index < -0.39 is 0 Å². The van der Waals surface area contributed by atoms with Crippen LogP contribution in [0.5, 0.6) is 0 Å². The standard InChI is InChI=1S/C17H20N2O2/c1-14-8-11-19(17(21)12-14)10-5-9-18-16(20)13-15-6-3-2-4-7-15/h2-4,6-8,11-12H,5,9-10,13H2,1H3,(H,18,20). The number of rotatable bonds is 6. The molecule has 2 aromatic rings. The van der Waals surface area contributed by atoms with E-state index in [2.05, 4.69) is 5.32 Å². The molecule has 0 atom stereocenters. The van der Waals surface area contributed by atoms with Crippen LogP contribution in [0.1, 0.15) is 17.5 Å². The lowest BCUT2D eigenvalue weighted by Crippen LogP contribution is -2.28. The Balaban J connectivity index is 1.72. The van der Waals surface area contributed by atoms with Crippen molar-refractivity contribution >= 4 is 5.91 Å². The van der Waals surface area contributed by atoms with Gasteiger partial charge in [-0.3, -0.25) is 9.59 Å². The van der Waals surface area contributed by atoms with Crippen LogP contribution in [0.2, 0.25) is 0 Å². The molecule has 0 unspecified atom stereocenters. The number of pyridine rings is 1. The average molecular weight is 284 g/mol. The molecule has 1 heterocycles. The Kier molecular flexibility index (Phi) is 5.32. The minimum absolute atomic E-state index is 0.00520. The summed E-state index contributed by atoms with van der Waals surface area (Å²) in [5.74, 6) is 0.0115. The first-order valence-electron chi connectivity index (χ1n) is 7.13. The van der Waals surface area contributed by atoms with E-state index in [0.29, 0.717) is 19.5 Å².